The van der Waals surface area contributed by atoms with Gasteiger partial charge >= 0.3 is 6.18 Å². The Hall–Kier alpha value is -2.94. The molecule has 1 aromatic heterocycles. The zero-order valence-corrected chi connectivity index (χ0v) is 15.8. The van der Waals surface area contributed by atoms with Crippen LogP contribution in [-0.2, 0) is 12.7 Å². The van der Waals surface area contributed by atoms with Crippen LogP contribution in [0.3, 0.4) is 0 Å². The van der Waals surface area contributed by atoms with Gasteiger partial charge in [0.1, 0.15) is 5.82 Å². The van der Waals surface area contributed by atoms with Crippen molar-refractivity contribution >= 4 is 17.9 Å². The maximum absolute atomic E-state index is 13.4. The van der Waals surface area contributed by atoms with E-state index in [0.29, 0.717) is 33.8 Å². The first-order valence-corrected chi connectivity index (χ1v) is 9.10. The highest BCUT2D eigenvalue weighted by Gasteiger charge is 2.34. The summed E-state index contributed by atoms with van der Waals surface area (Å²) in [6.45, 7) is 2.31. The summed E-state index contributed by atoms with van der Waals surface area (Å²) in [5.74, 6) is 0.0145. The predicted molar refractivity (Wildman–Crippen MR) is 102 cm³/mol. The molecule has 1 aromatic carbocycles. The highest BCUT2D eigenvalue weighted by atomic mass is 19.4. The molecule has 0 unspecified atom stereocenters. The van der Waals surface area contributed by atoms with Crippen LogP contribution in [0.15, 0.2) is 23.2 Å². The molecule has 152 valence electrons. The number of anilines is 1. The normalized spacial score (nSPS) is 16.0. The molecule has 4 rings (SSSR count). The van der Waals surface area contributed by atoms with Crippen molar-refractivity contribution < 1.29 is 23.1 Å². The number of hydrogen-bond acceptors (Lipinski definition) is 5. The molecule has 0 atom stereocenters. The number of aromatic nitrogens is 1. The topological polar surface area (TPSA) is 77.8 Å². The van der Waals surface area contributed by atoms with Crippen LogP contribution in [0.2, 0.25) is 0 Å². The van der Waals surface area contributed by atoms with Crippen molar-refractivity contribution in [2.24, 2.45) is 4.99 Å². The molecule has 29 heavy (non-hydrogen) atoms. The van der Waals surface area contributed by atoms with E-state index in [1.807, 2.05) is 0 Å². The number of fused-ring (bicyclic) bond motifs is 1. The summed E-state index contributed by atoms with van der Waals surface area (Å²) in [5.41, 5.74) is 1.89. The number of carbonyl (C=O) groups is 1. The molecule has 1 amide bonds. The molecule has 0 aliphatic carbocycles. The molecular formula is C20H19F3N4O2. The second kappa shape index (κ2) is 6.84. The maximum atomic E-state index is 13.4. The second-order valence-corrected chi connectivity index (χ2v) is 7.20. The van der Waals surface area contributed by atoms with Crippen LogP contribution in [0, 0.1) is 6.92 Å². The number of nitrogens with zero attached hydrogens (tertiary/aromatic N) is 3. The van der Waals surface area contributed by atoms with Crippen LogP contribution >= 0.6 is 0 Å². The molecule has 3 heterocycles. The lowest BCUT2D eigenvalue weighted by molar-refractivity contribution is -0.137. The lowest BCUT2D eigenvalue weighted by Crippen LogP contribution is -2.53. The lowest BCUT2D eigenvalue weighted by Gasteiger charge is -2.36. The van der Waals surface area contributed by atoms with E-state index in [1.54, 1.807) is 26.3 Å². The third-order valence-electron chi connectivity index (χ3n) is 5.20. The van der Waals surface area contributed by atoms with Gasteiger partial charge in [-0.2, -0.15) is 13.2 Å². The number of nitrogens with one attached hydrogen (secondary N) is 1. The van der Waals surface area contributed by atoms with Crippen molar-refractivity contribution in [3.63, 3.8) is 0 Å². The van der Waals surface area contributed by atoms with E-state index in [2.05, 4.69) is 15.3 Å². The Bertz CT molecular complexity index is 1030. The summed E-state index contributed by atoms with van der Waals surface area (Å²) in [4.78, 5) is 22.8. The Kier molecular flexibility index (Phi) is 4.57. The number of rotatable bonds is 3. The van der Waals surface area contributed by atoms with E-state index in [9.17, 15) is 23.1 Å². The van der Waals surface area contributed by atoms with Gasteiger partial charge in [0, 0.05) is 43.2 Å². The first-order chi connectivity index (χ1) is 13.7. The van der Waals surface area contributed by atoms with Gasteiger partial charge in [0.2, 0.25) is 0 Å². The Labute approximate surface area is 165 Å². The number of β-amino-alcohol motifs (C(OH)–C–C–N with tert-alkyl or cyclic N) is 1. The molecule has 2 N–H and O–H groups in total. The number of aliphatic imine (C=N–C) groups is 1. The largest absolute Gasteiger partial charge is 0.416 e. The number of hydrogen-bond donors (Lipinski definition) is 2. The van der Waals surface area contributed by atoms with E-state index in [-0.39, 0.29) is 31.1 Å². The number of alkyl halides is 3. The monoisotopic (exact) mass is 404 g/mol. The summed E-state index contributed by atoms with van der Waals surface area (Å²) in [6, 6.07) is 3.77. The van der Waals surface area contributed by atoms with Gasteiger partial charge in [0.15, 0.2) is 0 Å². The molecule has 2 aromatic rings. The molecule has 0 saturated carbocycles. The fraction of sp³-hybridized carbons (Fsp3) is 0.350. The smallest absolute Gasteiger partial charge is 0.389 e. The molecule has 6 nitrogen and oxygen atoms in total. The predicted octanol–water partition coefficient (Wildman–Crippen LogP) is 2.87. The van der Waals surface area contributed by atoms with Crippen LogP contribution in [0.1, 0.15) is 32.7 Å². The van der Waals surface area contributed by atoms with E-state index in [4.69, 9.17) is 0 Å². The number of aryl methyl sites for hydroxylation is 1. The number of likely N-dealkylation sites (tertiary alicyclic amines) is 1. The molecule has 0 radical (unpaired) electrons. The highest BCUT2D eigenvalue weighted by Crippen LogP contribution is 2.38. The minimum absolute atomic E-state index is 0.185. The number of pyridine rings is 1. The summed E-state index contributed by atoms with van der Waals surface area (Å²) in [6.07, 6.45) is -3.49. The summed E-state index contributed by atoms with van der Waals surface area (Å²) < 4.78 is 40.3. The summed E-state index contributed by atoms with van der Waals surface area (Å²) >= 11 is 0. The fourth-order valence-corrected chi connectivity index (χ4v) is 3.64. The van der Waals surface area contributed by atoms with Gasteiger partial charge < -0.3 is 15.3 Å². The number of aliphatic hydroxyl groups is 1. The Morgan fingerprint density at radius 2 is 1.97 bits per heavy atom. The van der Waals surface area contributed by atoms with E-state index in [0.717, 1.165) is 12.1 Å². The fourth-order valence-electron chi connectivity index (χ4n) is 3.64. The standard InChI is InChI=1S/C20H19F3N4O2/c1-10-14(5-16(18(24-2)26-10)19(29)27-8-13(28)9-27)15-4-12(20(21,22)23)3-11-6-25-7-17(11)15/h3-5,7,13,28H,6,8-9H2,1-2H3,(H,24,26). The second-order valence-electron chi connectivity index (χ2n) is 7.20. The van der Waals surface area contributed by atoms with Gasteiger partial charge in [0.05, 0.1) is 23.8 Å². The van der Waals surface area contributed by atoms with Crippen molar-refractivity contribution in [1.82, 2.24) is 9.88 Å². The van der Waals surface area contributed by atoms with Crippen LogP contribution in [0.4, 0.5) is 19.0 Å². The Balaban J connectivity index is 1.87. The highest BCUT2D eigenvalue weighted by molar-refractivity contribution is 6.02. The Morgan fingerprint density at radius 1 is 1.24 bits per heavy atom. The average Bonchev–Trinajstić information content (AvgIpc) is 3.12. The quantitative estimate of drug-likeness (QED) is 0.825. The number of halogens is 3. The summed E-state index contributed by atoms with van der Waals surface area (Å²) in [7, 11) is 1.62. The molecule has 2 aliphatic rings. The van der Waals surface area contributed by atoms with Crippen molar-refractivity contribution in [1.29, 1.82) is 0 Å². The van der Waals surface area contributed by atoms with Gasteiger partial charge in [-0.15, -0.1) is 0 Å². The van der Waals surface area contributed by atoms with Gasteiger partial charge in [-0.3, -0.25) is 9.79 Å². The third kappa shape index (κ3) is 3.35. The van der Waals surface area contributed by atoms with Crippen molar-refractivity contribution in [3.8, 4) is 11.1 Å². The maximum Gasteiger partial charge on any atom is 0.416 e. The first-order valence-electron chi connectivity index (χ1n) is 9.10. The van der Waals surface area contributed by atoms with Gasteiger partial charge in [0.25, 0.3) is 5.91 Å². The van der Waals surface area contributed by atoms with Gasteiger partial charge in [-0.1, -0.05) is 0 Å². The minimum Gasteiger partial charge on any atom is -0.389 e. The number of aliphatic hydroxyl groups excluding tert-OH is 1. The Morgan fingerprint density at radius 3 is 2.59 bits per heavy atom. The zero-order valence-electron chi connectivity index (χ0n) is 15.8. The first kappa shape index (κ1) is 19.4. The molecule has 1 fully saturated rings. The van der Waals surface area contributed by atoms with Crippen molar-refractivity contribution in [2.75, 3.05) is 25.5 Å². The van der Waals surface area contributed by atoms with Crippen LogP contribution in [-0.4, -0.2) is 53.4 Å². The van der Waals surface area contributed by atoms with E-state index < -0.39 is 17.8 Å². The van der Waals surface area contributed by atoms with Crippen LogP contribution in [0.25, 0.3) is 11.1 Å². The number of benzene rings is 1. The molecule has 1 saturated heterocycles. The average molecular weight is 404 g/mol. The van der Waals surface area contributed by atoms with E-state index in [1.165, 1.54) is 4.90 Å². The van der Waals surface area contributed by atoms with Crippen molar-refractivity contribution in [3.05, 3.63) is 46.1 Å². The summed E-state index contributed by atoms with van der Waals surface area (Å²) in [5, 5.41) is 12.4. The molecule has 0 bridgehead atoms. The van der Waals surface area contributed by atoms with Crippen LogP contribution in [0.5, 0.6) is 0 Å². The van der Waals surface area contributed by atoms with Gasteiger partial charge in [-0.05, 0) is 36.2 Å². The third-order valence-corrected chi connectivity index (χ3v) is 5.20. The number of amides is 1. The van der Waals surface area contributed by atoms with Gasteiger partial charge in [-0.25, -0.2) is 4.98 Å². The molecule has 2 aliphatic heterocycles. The SMILES string of the molecule is CNc1nc(C)c(-c2cc(C(F)(F)F)cc3c2C=NC3)cc1C(=O)N1CC(O)C1. The lowest BCUT2D eigenvalue weighted by atomic mass is 9.92. The van der Waals surface area contributed by atoms with Crippen molar-refractivity contribution in [2.45, 2.75) is 25.7 Å². The molecule has 0 spiro atoms. The zero-order chi connectivity index (χ0) is 20.9. The molecule has 9 heteroatoms. The number of carbonyl (C=O) groups excluding carboxylic acids is 1. The van der Waals surface area contributed by atoms with Crippen LogP contribution < -0.4 is 5.32 Å². The molecular weight excluding hydrogens is 385 g/mol. The minimum atomic E-state index is -4.50. The van der Waals surface area contributed by atoms with E-state index >= 15 is 0 Å².